The van der Waals surface area contributed by atoms with Gasteiger partial charge in [-0.15, -0.1) is 12.4 Å². The van der Waals surface area contributed by atoms with Crippen LogP contribution in [0.2, 0.25) is 0 Å². The molecule has 3 nitrogen and oxygen atoms in total. The molecular weight excluding hydrogens is 382 g/mol. The van der Waals surface area contributed by atoms with E-state index in [4.69, 9.17) is 4.74 Å². The smallest absolute Gasteiger partial charge is 0.193 e. The van der Waals surface area contributed by atoms with Crippen LogP contribution in [0.1, 0.15) is 34.3 Å². The quantitative estimate of drug-likeness (QED) is 0.534. The predicted molar refractivity (Wildman–Crippen MR) is 119 cm³/mol. The van der Waals surface area contributed by atoms with Gasteiger partial charge in [-0.2, -0.15) is 0 Å². The average Bonchev–Trinajstić information content (AvgIpc) is 2.76. The van der Waals surface area contributed by atoms with Gasteiger partial charge in [-0.05, 0) is 74.2 Å². The van der Waals surface area contributed by atoms with Crippen molar-refractivity contribution < 1.29 is 9.53 Å². The number of nitrogens with one attached hydrogen (secondary N) is 1. The topological polar surface area (TPSA) is 38.3 Å². The summed E-state index contributed by atoms with van der Waals surface area (Å²) in [6.07, 6.45) is 3.47. The highest BCUT2D eigenvalue weighted by molar-refractivity contribution is 6.08. The van der Waals surface area contributed by atoms with Gasteiger partial charge < -0.3 is 10.1 Å². The molecule has 150 valence electrons. The van der Waals surface area contributed by atoms with Gasteiger partial charge in [-0.3, -0.25) is 4.79 Å². The van der Waals surface area contributed by atoms with E-state index in [0.717, 1.165) is 31.0 Å². The summed E-state index contributed by atoms with van der Waals surface area (Å²) in [6, 6.07) is 25.0. The molecule has 0 radical (unpaired) electrons. The summed E-state index contributed by atoms with van der Waals surface area (Å²) in [5.41, 5.74) is 2.61. The summed E-state index contributed by atoms with van der Waals surface area (Å²) < 4.78 is 6.16. The lowest BCUT2D eigenvalue weighted by Crippen LogP contribution is -2.28. The van der Waals surface area contributed by atoms with Crippen molar-refractivity contribution in [2.45, 2.75) is 19.3 Å². The summed E-state index contributed by atoms with van der Waals surface area (Å²) in [5.74, 6) is 2.39. The largest absolute Gasteiger partial charge is 0.457 e. The molecule has 1 aliphatic heterocycles. The third kappa shape index (κ3) is 5.47. The van der Waals surface area contributed by atoms with Gasteiger partial charge in [0.25, 0.3) is 0 Å². The first-order chi connectivity index (χ1) is 13.8. The number of ketones is 1. The van der Waals surface area contributed by atoms with Crippen LogP contribution in [0.3, 0.4) is 0 Å². The lowest BCUT2D eigenvalue weighted by Gasteiger charge is -2.23. The van der Waals surface area contributed by atoms with Crippen molar-refractivity contribution in [3.8, 4) is 11.5 Å². The van der Waals surface area contributed by atoms with E-state index in [9.17, 15) is 4.79 Å². The van der Waals surface area contributed by atoms with Crippen molar-refractivity contribution in [3.63, 3.8) is 0 Å². The molecule has 4 rings (SSSR count). The molecule has 3 aromatic carbocycles. The van der Waals surface area contributed by atoms with E-state index in [1.54, 1.807) is 0 Å². The number of hydrogen-bond donors (Lipinski definition) is 1. The first kappa shape index (κ1) is 21.1. The zero-order chi connectivity index (χ0) is 19.2. The molecule has 1 heterocycles. The number of carbonyl (C=O) groups excluding carboxylic acids is 1. The normalized spacial score (nSPS) is 14.1. The molecule has 0 bridgehead atoms. The molecule has 1 N–H and O–H groups in total. The van der Waals surface area contributed by atoms with Crippen LogP contribution < -0.4 is 10.1 Å². The minimum atomic E-state index is 0. The van der Waals surface area contributed by atoms with E-state index in [2.05, 4.69) is 17.4 Å². The van der Waals surface area contributed by atoms with Crippen molar-refractivity contribution in [1.82, 2.24) is 5.32 Å². The minimum absolute atomic E-state index is 0. The lowest BCUT2D eigenvalue weighted by atomic mass is 9.90. The molecule has 1 aliphatic rings. The van der Waals surface area contributed by atoms with Crippen molar-refractivity contribution in [3.05, 3.63) is 95.6 Å². The van der Waals surface area contributed by atoms with E-state index in [0.29, 0.717) is 17.0 Å². The Morgan fingerprint density at radius 1 is 0.828 bits per heavy atom. The fraction of sp³-hybridized carbons (Fsp3) is 0.240. The van der Waals surface area contributed by atoms with Gasteiger partial charge in [0.15, 0.2) is 5.78 Å². The van der Waals surface area contributed by atoms with Crippen LogP contribution in [0, 0.1) is 5.92 Å². The number of carbonyl (C=O) groups is 1. The fourth-order valence-electron chi connectivity index (χ4n) is 3.73. The van der Waals surface area contributed by atoms with Gasteiger partial charge in [-0.1, -0.05) is 48.5 Å². The molecule has 0 unspecified atom stereocenters. The molecule has 0 spiro atoms. The van der Waals surface area contributed by atoms with Crippen LogP contribution in [0.4, 0.5) is 0 Å². The van der Waals surface area contributed by atoms with Gasteiger partial charge in [0, 0.05) is 11.1 Å². The molecule has 0 aliphatic carbocycles. The Labute approximate surface area is 178 Å². The second kappa shape index (κ2) is 10.2. The molecule has 3 aromatic rings. The van der Waals surface area contributed by atoms with E-state index >= 15 is 0 Å². The zero-order valence-corrected chi connectivity index (χ0v) is 17.2. The monoisotopic (exact) mass is 407 g/mol. The fourth-order valence-corrected chi connectivity index (χ4v) is 3.73. The van der Waals surface area contributed by atoms with Gasteiger partial charge >= 0.3 is 0 Å². The van der Waals surface area contributed by atoms with E-state index in [1.165, 1.54) is 18.4 Å². The highest BCUT2D eigenvalue weighted by Crippen LogP contribution is 2.29. The number of rotatable bonds is 6. The molecule has 29 heavy (non-hydrogen) atoms. The standard InChI is InChI=1S/C25H25NO2.ClH/c27-25(20-6-2-1-3-7-20)21-10-12-23(13-11-21)28-24-9-5-4-8-22(24)18-19-14-16-26-17-15-19;/h1-13,19,26H,14-18H2;1H. The molecule has 0 saturated carbocycles. The van der Waals surface area contributed by atoms with Crippen LogP contribution in [-0.2, 0) is 6.42 Å². The maximum absolute atomic E-state index is 12.5. The molecule has 0 amide bonds. The van der Waals surface area contributed by atoms with E-state index in [-0.39, 0.29) is 18.2 Å². The lowest BCUT2D eigenvalue weighted by molar-refractivity contribution is 0.103. The highest BCUT2D eigenvalue weighted by atomic mass is 35.5. The Morgan fingerprint density at radius 3 is 2.17 bits per heavy atom. The van der Waals surface area contributed by atoms with Crippen LogP contribution in [0.5, 0.6) is 11.5 Å². The van der Waals surface area contributed by atoms with Crippen molar-refractivity contribution in [2.75, 3.05) is 13.1 Å². The molecule has 1 fully saturated rings. The Hall–Kier alpha value is -2.62. The number of para-hydroxylation sites is 1. The van der Waals surface area contributed by atoms with Gasteiger partial charge in [0.2, 0.25) is 0 Å². The van der Waals surface area contributed by atoms with Crippen LogP contribution in [-0.4, -0.2) is 18.9 Å². The Morgan fingerprint density at radius 2 is 1.45 bits per heavy atom. The van der Waals surface area contributed by atoms with Gasteiger partial charge in [-0.25, -0.2) is 0 Å². The predicted octanol–water partition coefficient (Wildman–Crippen LogP) is 5.67. The van der Waals surface area contributed by atoms with E-state index < -0.39 is 0 Å². The van der Waals surface area contributed by atoms with Gasteiger partial charge in [0.05, 0.1) is 0 Å². The maximum atomic E-state index is 12.5. The SMILES string of the molecule is Cl.O=C(c1ccccc1)c1ccc(Oc2ccccc2CC2CCNCC2)cc1. The minimum Gasteiger partial charge on any atom is -0.457 e. The number of piperidine rings is 1. The number of hydrogen-bond acceptors (Lipinski definition) is 3. The molecule has 0 aromatic heterocycles. The molecular formula is C25H26ClNO2. The second-order valence-corrected chi connectivity index (χ2v) is 7.33. The number of halogens is 1. The first-order valence-electron chi connectivity index (χ1n) is 9.96. The number of benzene rings is 3. The summed E-state index contributed by atoms with van der Waals surface area (Å²) in [6.45, 7) is 2.20. The Balaban J connectivity index is 0.00000240. The Bertz CT molecular complexity index is 919. The highest BCUT2D eigenvalue weighted by Gasteiger charge is 2.16. The summed E-state index contributed by atoms with van der Waals surface area (Å²) >= 11 is 0. The second-order valence-electron chi connectivity index (χ2n) is 7.33. The molecule has 1 saturated heterocycles. The average molecular weight is 408 g/mol. The Kier molecular flexibility index (Phi) is 7.45. The zero-order valence-electron chi connectivity index (χ0n) is 16.3. The van der Waals surface area contributed by atoms with Gasteiger partial charge in [0.1, 0.15) is 11.5 Å². The molecule has 0 atom stereocenters. The van der Waals surface area contributed by atoms with Crippen LogP contribution in [0.25, 0.3) is 0 Å². The first-order valence-corrected chi connectivity index (χ1v) is 9.96. The summed E-state index contributed by atoms with van der Waals surface area (Å²) in [5, 5.41) is 3.42. The van der Waals surface area contributed by atoms with E-state index in [1.807, 2.05) is 66.7 Å². The maximum Gasteiger partial charge on any atom is 0.193 e. The van der Waals surface area contributed by atoms with Crippen molar-refractivity contribution in [1.29, 1.82) is 0 Å². The van der Waals surface area contributed by atoms with Crippen LogP contribution >= 0.6 is 12.4 Å². The third-order valence-electron chi connectivity index (χ3n) is 5.32. The van der Waals surface area contributed by atoms with Crippen molar-refractivity contribution >= 4 is 18.2 Å². The van der Waals surface area contributed by atoms with Crippen LogP contribution in [0.15, 0.2) is 78.9 Å². The summed E-state index contributed by atoms with van der Waals surface area (Å²) in [4.78, 5) is 12.5. The third-order valence-corrected chi connectivity index (χ3v) is 5.32. The molecule has 4 heteroatoms. The van der Waals surface area contributed by atoms with Crippen molar-refractivity contribution in [2.24, 2.45) is 5.92 Å². The summed E-state index contributed by atoms with van der Waals surface area (Å²) in [7, 11) is 0. The number of ether oxygens (including phenoxy) is 1.